The second-order valence-electron chi connectivity index (χ2n) is 6.98. The summed E-state index contributed by atoms with van der Waals surface area (Å²) in [7, 11) is 2.25. The number of rotatable bonds is 6. The maximum atomic E-state index is 8.25. The Labute approximate surface area is 190 Å². The average molecular weight is 428 g/mol. The van der Waals surface area contributed by atoms with Crippen LogP contribution in [0.15, 0.2) is 16.7 Å². The van der Waals surface area contributed by atoms with Crippen LogP contribution in [-0.4, -0.2) is 21.3 Å². The predicted molar refractivity (Wildman–Crippen MR) is 111 cm³/mol. The van der Waals surface area contributed by atoms with Gasteiger partial charge in [0.25, 0.3) is 0 Å². The molecule has 0 saturated heterocycles. The van der Waals surface area contributed by atoms with Gasteiger partial charge in [0.1, 0.15) is 0 Å². The third-order valence-corrected chi connectivity index (χ3v) is 6.30. The monoisotopic (exact) mass is 428 g/mol. The van der Waals surface area contributed by atoms with Gasteiger partial charge in [-0.05, 0) is 17.8 Å². The quantitative estimate of drug-likeness (QED) is 0.480. The number of hydrogen-bond donors (Lipinski definition) is 0. The van der Waals surface area contributed by atoms with E-state index in [1.54, 1.807) is 11.1 Å². The Morgan fingerprint density at radius 3 is 1.39 bits per heavy atom. The summed E-state index contributed by atoms with van der Waals surface area (Å²) in [5, 5.41) is 24.8. The Balaban J connectivity index is -0.000000815. The van der Waals surface area contributed by atoms with Crippen LogP contribution in [0.25, 0.3) is 0 Å². The number of hydrogen-bond acceptors (Lipinski definition) is 3. The van der Waals surface area contributed by atoms with Crippen molar-refractivity contribution in [1.29, 1.82) is 0 Å². The fourth-order valence-electron chi connectivity index (χ4n) is 5.48. The summed E-state index contributed by atoms with van der Waals surface area (Å²) in [6.07, 6.45) is 11.6. The van der Waals surface area contributed by atoms with Crippen molar-refractivity contribution < 1.29 is 37.0 Å². The van der Waals surface area contributed by atoms with Crippen LogP contribution in [0.3, 0.4) is 0 Å². The van der Waals surface area contributed by atoms with E-state index in [4.69, 9.17) is 15.3 Å². The summed E-state index contributed by atoms with van der Waals surface area (Å²) in [6.45, 7) is 14.3. The van der Waals surface area contributed by atoms with Crippen LogP contribution in [0.2, 0.25) is 0 Å². The van der Waals surface area contributed by atoms with Crippen molar-refractivity contribution in [2.45, 2.75) is 80.1 Å². The maximum absolute atomic E-state index is 8.25. The average Bonchev–Trinajstić information content (AvgIpc) is 3.14. The molecule has 28 heavy (non-hydrogen) atoms. The van der Waals surface area contributed by atoms with Gasteiger partial charge in [0.05, 0.1) is 0 Å². The van der Waals surface area contributed by atoms with Gasteiger partial charge in [-0.25, -0.2) is 5.57 Å². The molecule has 0 saturated carbocycles. The van der Waals surface area contributed by atoms with Crippen LogP contribution in [-0.2, 0) is 21.7 Å². The molecular weight excluding hydrogens is 384 g/mol. The van der Waals surface area contributed by atoms with Crippen LogP contribution < -0.4 is 15.3 Å². The Bertz CT molecular complexity index is 432. The minimum absolute atomic E-state index is 0. The summed E-state index contributed by atoms with van der Waals surface area (Å²) >= 11 is 0. The smallest absolute Gasteiger partial charge is 0.857 e. The van der Waals surface area contributed by atoms with Gasteiger partial charge in [-0.3, -0.25) is 6.08 Å². The van der Waals surface area contributed by atoms with E-state index in [1.165, 1.54) is 38.5 Å². The minimum Gasteiger partial charge on any atom is -0.857 e. The maximum Gasteiger partial charge on any atom is 4.00 e. The Hall–Kier alpha value is 0.0743. The van der Waals surface area contributed by atoms with E-state index in [2.05, 4.69) is 47.6 Å². The summed E-state index contributed by atoms with van der Waals surface area (Å²) < 4.78 is 0. The van der Waals surface area contributed by atoms with Crippen molar-refractivity contribution in [2.24, 2.45) is 29.6 Å². The molecule has 0 spiro atoms. The van der Waals surface area contributed by atoms with Gasteiger partial charge in [-0.2, -0.15) is 32.5 Å². The van der Waals surface area contributed by atoms with Crippen LogP contribution >= 0.6 is 0 Å². The van der Waals surface area contributed by atoms with E-state index in [-0.39, 0.29) is 21.7 Å². The number of allylic oxidation sites excluding steroid dienone is 4. The van der Waals surface area contributed by atoms with Crippen molar-refractivity contribution >= 4 is 0 Å². The molecule has 4 heteroatoms. The van der Waals surface area contributed by atoms with Crippen molar-refractivity contribution in [3.63, 3.8) is 0 Å². The Morgan fingerprint density at radius 2 is 1.07 bits per heavy atom. The normalized spacial score (nSPS) is 27.6. The van der Waals surface area contributed by atoms with Crippen molar-refractivity contribution in [2.75, 3.05) is 21.3 Å². The summed E-state index contributed by atoms with van der Waals surface area (Å²) in [5.41, 5.74) is 5.17. The molecule has 2 aliphatic carbocycles. The fourth-order valence-corrected chi connectivity index (χ4v) is 5.48. The SMILES string of the molecule is CCC1=[C-]C(CC)C2=C1C(CC)C(CC)C(CC)C2CC.C[O-].C[O-].C[O-].[Ti+4]. The molecule has 0 radical (unpaired) electrons. The molecule has 2 aliphatic rings. The van der Waals surface area contributed by atoms with E-state index >= 15 is 0 Å². The molecule has 0 bridgehead atoms. The molecule has 0 aliphatic heterocycles. The summed E-state index contributed by atoms with van der Waals surface area (Å²) in [5.74, 6) is 4.04. The van der Waals surface area contributed by atoms with E-state index < -0.39 is 0 Å². The van der Waals surface area contributed by atoms with E-state index in [0.29, 0.717) is 5.92 Å². The summed E-state index contributed by atoms with van der Waals surface area (Å²) in [4.78, 5) is 0. The third kappa shape index (κ3) is 7.09. The van der Waals surface area contributed by atoms with Gasteiger partial charge in [-0.1, -0.05) is 91.9 Å². The minimum atomic E-state index is 0. The molecule has 5 atom stereocenters. The zero-order valence-electron chi connectivity index (χ0n) is 19.9. The first kappa shape index (κ1) is 32.7. The molecular formula is C24H44O3Ti. The molecule has 0 N–H and O–H groups in total. The molecule has 3 nitrogen and oxygen atoms in total. The fraction of sp³-hybridized carbons (Fsp3) is 0.833. The van der Waals surface area contributed by atoms with Crippen LogP contribution in [0.5, 0.6) is 0 Å². The standard InChI is InChI=1S/C21H35.3CH3O.Ti/c1-7-14-13-15(8-2)21-19(12-6)17(10-4)16(9-3)18(11-5)20(14)21;3*1-2;/h14,16-19H,7-12H2,1-6H3;3*1H3;/q4*-1;+4. The van der Waals surface area contributed by atoms with Gasteiger partial charge in [0.15, 0.2) is 0 Å². The van der Waals surface area contributed by atoms with Gasteiger partial charge in [0, 0.05) is 0 Å². The van der Waals surface area contributed by atoms with Crippen molar-refractivity contribution in [3.05, 3.63) is 22.8 Å². The molecule has 0 heterocycles. The first-order valence-electron chi connectivity index (χ1n) is 10.8. The molecule has 5 unspecified atom stereocenters. The van der Waals surface area contributed by atoms with Gasteiger partial charge in [-0.15, -0.1) is 0 Å². The zero-order valence-corrected chi connectivity index (χ0v) is 21.4. The van der Waals surface area contributed by atoms with E-state index in [0.717, 1.165) is 45.0 Å². The van der Waals surface area contributed by atoms with Crippen LogP contribution in [0.4, 0.5) is 0 Å². The van der Waals surface area contributed by atoms with Gasteiger partial charge in [0.2, 0.25) is 0 Å². The third-order valence-electron chi connectivity index (χ3n) is 6.30. The molecule has 0 aromatic rings. The zero-order chi connectivity index (χ0) is 21.6. The molecule has 0 fully saturated rings. The molecule has 2 rings (SSSR count). The Morgan fingerprint density at radius 1 is 0.643 bits per heavy atom. The molecule has 0 aromatic carbocycles. The largest absolute Gasteiger partial charge is 4.00 e. The van der Waals surface area contributed by atoms with Gasteiger partial charge >= 0.3 is 21.7 Å². The first-order valence-corrected chi connectivity index (χ1v) is 10.8. The van der Waals surface area contributed by atoms with Gasteiger partial charge < -0.3 is 15.3 Å². The summed E-state index contributed by atoms with van der Waals surface area (Å²) in [6, 6.07) is 0. The Kier molecular flexibility index (Phi) is 22.3. The van der Waals surface area contributed by atoms with Crippen LogP contribution in [0.1, 0.15) is 80.1 Å². The first-order chi connectivity index (χ1) is 13.2. The second-order valence-corrected chi connectivity index (χ2v) is 6.98. The predicted octanol–water partition coefficient (Wildman–Crippen LogP) is 3.51. The van der Waals surface area contributed by atoms with Crippen molar-refractivity contribution in [3.8, 4) is 0 Å². The van der Waals surface area contributed by atoms with Crippen molar-refractivity contribution in [1.82, 2.24) is 0 Å². The molecule has 0 aromatic heterocycles. The second kappa shape index (κ2) is 19.1. The molecule has 0 amide bonds. The molecule has 162 valence electrons. The van der Waals surface area contributed by atoms with Crippen LogP contribution in [0, 0.1) is 35.7 Å². The topological polar surface area (TPSA) is 69.2 Å². The van der Waals surface area contributed by atoms with E-state index in [1.807, 2.05) is 5.57 Å². The van der Waals surface area contributed by atoms with E-state index in [9.17, 15) is 0 Å².